The van der Waals surface area contributed by atoms with Crippen LogP contribution < -0.4 is 0 Å². The molecule has 0 atom stereocenters. The van der Waals surface area contributed by atoms with Gasteiger partial charge in [-0.1, -0.05) is 35.6 Å². The molecule has 52 valence electrons. The average molecular weight is 153 g/mol. The third-order valence-corrected chi connectivity index (χ3v) is 1.64. The quantitative estimate of drug-likeness (QED) is 0.269. The summed E-state index contributed by atoms with van der Waals surface area (Å²) in [6.45, 7) is 0. The van der Waals surface area contributed by atoms with Gasteiger partial charge in [0.2, 0.25) is 0 Å². The van der Waals surface area contributed by atoms with E-state index in [0.29, 0.717) is 0 Å². The lowest BCUT2D eigenvalue weighted by Gasteiger charge is -2.02. The van der Waals surface area contributed by atoms with Gasteiger partial charge in [0.25, 0.3) is 0 Å². The van der Waals surface area contributed by atoms with E-state index in [1.807, 2.05) is 18.2 Å². The van der Waals surface area contributed by atoms with Crippen LogP contribution in [-0.2, 0) is 0 Å². The van der Waals surface area contributed by atoms with E-state index in [1.54, 1.807) is 0 Å². The van der Waals surface area contributed by atoms with Crippen molar-refractivity contribution in [3.8, 4) is 0 Å². The van der Waals surface area contributed by atoms with Crippen LogP contribution in [0.2, 0.25) is 0 Å². The molecule has 10 heavy (non-hydrogen) atoms. The molecule has 0 aromatic heterocycles. The predicted molar refractivity (Wildman–Crippen MR) is 44.7 cm³/mol. The second kappa shape index (κ2) is 3.27. The van der Waals surface area contributed by atoms with Crippen molar-refractivity contribution < 1.29 is 5.21 Å². The lowest BCUT2D eigenvalue weighted by atomic mass is 10.1. The summed E-state index contributed by atoms with van der Waals surface area (Å²) < 4.78 is 0. The van der Waals surface area contributed by atoms with Gasteiger partial charge in [-0.25, -0.2) is 0 Å². The summed E-state index contributed by atoms with van der Waals surface area (Å²) in [5.74, 6) is 0. The van der Waals surface area contributed by atoms with E-state index in [1.165, 1.54) is 6.21 Å². The van der Waals surface area contributed by atoms with E-state index in [4.69, 9.17) is 17.4 Å². The van der Waals surface area contributed by atoms with E-state index < -0.39 is 0 Å². The first-order chi connectivity index (χ1) is 4.84. The van der Waals surface area contributed by atoms with Crippen LogP contribution in [0.4, 0.5) is 0 Å². The molecule has 1 rings (SSSR count). The number of hydrogen-bond donors (Lipinski definition) is 1. The van der Waals surface area contributed by atoms with Gasteiger partial charge in [-0.15, -0.1) is 0 Å². The molecule has 1 N–H and O–H groups in total. The van der Waals surface area contributed by atoms with Gasteiger partial charge in [-0.3, -0.25) is 0 Å². The lowest BCUT2D eigenvalue weighted by molar-refractivity contribution is 0.322. The molecule has 0 aromatic rings. The van der Waals surface area contributed by atoms with Crippen molar-refractivity contribution in [2.45, 2.75) is 6.42 Å². The number of allylic oxidation sites excluding steroid dienone is 4. The molecule has 0 radical (unpaired) electrons. The summed E-state index contributed by atoms with van der Waals surface area (Å²) in [6.07, 6.45) is 7.81. The molecule has 1 aliphatic carbocycles. The molecule has 0 fully saturated rings. The molecule has 0 saturated carbocycles. The van der Waals surface area contributed by atoms with Gasteiger partial charge in [-0.2, -0.15) is 0 Å². The molecule has 0 heterocycles. The molecule has 0 spiro atoms. The number of nitrogens with zero attached hydrogens (tertiary/aromatic N) is 1. The van der Waals surface area contributed by atoms with E-state index in [0.717, 1.165) is 16.9 Å². The minimum Gasteiger partial charge on any atom is -0.411 e. The molecule has 0 unspecified atom stereocenters. The van der Waals surface area contributed by atoms with Gasteiger partial charge in [-0.05, 0) is 0 Å². The third-order valence-electron chi connectivity index (χ3n) is 1.23. The maximum absolute atomic E-state index is 8.18. The summed E-state index contributed by atoms with van der Waals surface area (Å²) in [6, 6.07) is 0. The standard InChI is InChI=1S/C7H7NOS/c9-8-5-6-3-1-2-4-7(6)10/h1-3,5,9H,4H2. The van der Waals surface area contributed by atoms with Crippen molar-refractivity contribution in [2.24, 2.45) is 5.16 Å². The zero-order valence-corrected chi connectivity index (χ0v) is 6.14. The Bertz CT molecular complexity index is 228. The number of hydrogen-bond acceptors (Lipinski definition) is 3. The van der Waals surface area contributed by atoms with Crippen LogP contribution in [-0.4, -0.2) is 16.3 Å². The van der Waals surface area contributed by atoms with E-state index in [-0.39, 0.29) is 0 Å². The Morgan fingerprint density at radius 1 is 1.70 bits per heavy atom. The largest absolute Gasteiger partial charge is 0.411 e. The fraction of sp³-hybridized carbons (Fsp3) is 0.143. The highest BCUT2D eigenvalue weighted by atomic mass is 32.1. The first-order valence-corrected chi connectivity index (χ1v) is 3.33. The average Bonchev–Trinajstić information content (AvgIpc) is 1.94. The minimum absolute atomic E-state index is 0.771. The maximum atomic E-state index is 8.18. The number of oxime groups is 1. The highest BCUT2D eigenvalue weighted by Gasteiger charge is 2.02. The van der Waals surface area contributed by atoms with Crippen molar-refractivity contribution in [3.05, 3.63) is 23.8 Å². The van der Waals surface area contributed by atoms with Crippen LogP contribution in [0, 0.1) is 0 Å². The van der Waals surface area contributed by atoms with Crippen molar-refractivity contribution in [1.82, 2.24) is 0 Å². The zero-order valence-electron chi connectivity index (χ0n) is 5.32. The number of thiocarbonyl (C=S) groups is 1. The topological polar surface area (TPSA) is 32.6 Å². The molecule has 0 aromatic carbocycles. The summed E-state index contributed by atoms with van der Waals surface area (Å²) in [4.78, 5) is 0.820. The third kappa shape index (κ3) is 1.51. The van der Waals surface area contributed by atoms with Gasteiger partial charge in [0.15, 0.2) is 0 Å². The minimum atomic E-state index is 0.771. The SMILES string of the molecule is ON=CC1=CC=CCC1=S. The van der Waals surface area contributed by atoms with Gasteiger partial charge in [0.1, 0.15) is 0 Å². The monoisotopic (exact) mass is 153 g/mol. The van der Waals surface area contributed by atoms with Crippen LogP contribution in [0.1, 0.15) is 6.42 Å². The second-order valence-electron chi connectivity index (χ2n) is 1.92. The molecular weight excluding hydrogens is 146 g/mol. The molecule has 0 amide bonds. The molecule has 2 nitrogen and oxygen atoms in total. The Morgan fingerprint density at radius 3 is 3.10 bits per heavy atom. The molecular formula is C7H7NOS. The zero-order chi connectivity index (χ0) is 7.40. The van der Waals surface area contributed by atoms with Crippen LogP contribution in [0.25, 0.3) is 0 Å². The predicted octanol–water partition coefficient (Wildman–Crippen LogP) is 1.70. The molecule has 0 saturated heterocycles. The van der Waals surface area contributed by atoms with E-state index in [2.05, 4.69) is 5.16 Å². The van der Waals surface area contributed by atoms with Gasteiger partial charge in [0.05, 0.1) is 6.21 Å². The maximum Gasteiger partial charge on any atom is 0.0745 e. The fourth-order valence-electron chi connectivity index (χ4n) is 0.735. The summed E-state index contributed by atoms with van der Waals surface area (Å²) in [7, 11) is 0. The van der Waals surface area contributed by atoms with Crippen molar-refractivity contribution >= 4 is 23.3 Å². The summed E-state index contributed by atoms with van der Waals surface area (Å²) >= 11 is 4.97. The smallest absolute Gasteiger partial charge is 0.0745 e. The highest BCUT2D eigenvalue weighted by molar-refractivity contribution is 7.81. The van der Waals surface area contributed by atoms with E-state index >= 15 is 0 Å². The Kier molecular flexibility index (Phi) is 2.34. The lowest BCUT2D eigenvalue weighted by Crippen LogP contribution is -2.01. The van der Waals surface area contributed by atoms with Crippen LogP contribution in [0.5, 0.6) is 0 Å². The molecule has 3 heteroatoms. The van der Waals surface area contributed by atoms with E-state index in [9.17, 15) is 0 Å². The van der Waals surface area contributed by atoms with Crippen LogP contribution in [0.15, 0.2) is 29.0 Å². The first kappa shape index (κ1) is 7.15. The highest BCUT2D eigenvalue weighted by Crippen LogP contribution is 2.07. The Labute approximate surface area is 64.5 Å². The second-order valence-corrected chi connectivity index (χ2v) is 2.41. The number of rotatable bonds is 1. The summed E-state index contributed by atoms with van der Waals surface area (Å²) in [5.41, 5.74) is 0.819. The molecule has 1 aliphatic rings. The molecule has 0 aliphatic heterocycles. The summed E-state index contributed by atoms with van der Waals surface area (Å²) in [5, 5.41) is 11.1. The Morgan fingerprint density at radius 2 is 2.50 bits per heavy atom. The van der Waals surface area contributed by atoms with Gasteiger partial charge >= 0.3 is 0 Å². The van der Waals surface area contributed by atoms with Crippen molar-refractivity contribution in [3.63, 3.8) is 0 Å². The van der Waals surface area contributed by atoms with Crippen molar-refractivity contribution in [2.75, 3.05) is 0 Å². The van der Waals surface area contributed by atoms with Gasteiger partial charge < -0.3 is 5.21 Å². The Hall–Kier alpha value is -0.960. The molecule has 0 bridgehead atoms. The fourth-order valence-corrected chi connectivity index (χ4v) is 0.952. The van der Waals surface area contributed by atoms with Crippen molar-refractivity contribution in [1.29, 1.82) is 0 Å². The van der Waals surface area contributed by atoms with Gasteiger partial charge in [0, 0.05) is 16.9 Å². The Balaban J connectivity index is 2.80. The normalized spacial score (nSPS) is 18.0. The van der Waals surface area contributed by atoms with Crippen LogP contribution >= 0.6 is 12.2 Å². The first-order valence-electron chi connectivity index (χ1n) is 2.92. The van der Waals surface area contributed by atoms with Crippen LogP contribution in [0.3, 0.4) is 0 Å².